The Kier molecular flexibility index (Phi) is 4.08. The fourth-order valence-corrected chi connectivity index (χ4v) is 1.61. The zero-order chi connectivity index (χ0) is 8.81. The van der Waals surface area contributed by atoms with E-state index in [-0.39, 0.29) is 0 Å². The van der Waals surface area contributed by atoms with E-state index in [2.05, 4.69) is 0 Å². The largest absolute Gasteiger partial charge is 0.341 e. The molecule has 1 rings (SSSR count). The Balaban J connectivity index is 2.37. The molecule has 0 radical (unpaired) electrons. The van der Waals surface area contributed by atoms with E-state index in [1.165, 1.54) is 12.8 Å². The third-order valence-corrected chi connectivity index (χ3v) is 2.32. The molecule has 1 amide bonds. The maximum absolute atomic E-state index is 11.4. The number of carbonyl (C=O) groups is 1. The molecule has 2 N–H and O–H groups in total. The van der Waals surface area contributed by atoms with E-state index in [9.17, 15) is 4.79 Å². The third-order valence-electron chi connectivity index (χ3n) is 2.32. The molecule has 1 saturated heterocycles. The van der Waals surface area contributed by atoms with Gasteiger partial charge in [0.25, 0.3) is 0 Å². The van der Waals surface area contributed by atoms with Crippen LogP contribution in [0, 0.1) is 0 Å². The van der Waals surface area contributed by atoms with Crippen molar-refractivity contribution in [1.82, 2.24) is 4.90 Å². The SMILES string of the molecule is NCCN1CCCCCCC1=O. The lowest BCUT2D eigenvalue weighted by atomic mass is 10.1. The maximum atomic E-state index is 11.4. The van der Waals surface area contributed by atoms with Crippen LogP contribution in [-0.4, -0.2) is 30.4 Å². The Morgan fingerprint density at radius 3 is 2.75 bits per heavy atom. The van der Waals surface area contributed by atoms with Gasteiger partial charge in [-0.25, -0.2) is 0 Å². The van der Waals surface area contributed by atoms with Gasteiger partial charge in [0.15, 0.2) is 0 Å². The summed E-state index contributed by atoms with van der Waals surface area (Å²) in [4.78, 5) is 13.3. The number of amides is 1. The van der Waals surface area contributed by atoms with Gasteiger partial charge in [0.2, 0.25) is 5.91 Å². The Morgan fingerprint density at radius 1 is 1.25 bits per heavy atom. The Morgan fingerprint density at radius 2 is 2.00 bits per heavy atom. The first-order valence-corrected chi connectivity index (χ1v) is 4.82. The van der Waals surface area contributed by atoms with Crippen molar-refractivity contribution < 1.29 is 4.79 Å². The average molecular weight is 170 g/mol. The minimum atomic E-state index is 0.292. The molecular formula is C9H18N2O. The van der Waals surface area contributed by atoms with E-state index < -0.39 is 0 Å². The summed E-state index contributed by atoms with van der Waals surface area (Å²) in [6.07, 6.45) is 5.39. The molecule has 0 atom stereocenters. The van der Waals surface area contributed by atoms with E-state index in [0.29, 0.717) is 12.5 Å². The molecule has 1 aliphatic rings. The van der Waals surface area contributed by atoms with Gasteiger partial charge in [-0.3, -0.25) is 4.79 Å². The summed E-state index contributed by atoms with van der Waals surface area (Å²) in [5.74, 6) is 0.292. The molecule has 0 bridgehead atoms. The summed E-state index contributed by atoms with van der Waals surface area (Å²) in [6, 6.07) is 0. The third kappa shape index (κ3) is 2.81. The Hall–Kier alpha value is -0.570. The lowest BCUT2D eigenvalue weighted by Crippen LogP contribution is -2.36. The van der Waals surface area contributed by atoms with Crippen LogP contribution in [-0.2, 0) is 4.79 Å². The molecule has 1 fully saturated rings. The van der Waals surface area contributed by atoms with Gasteiger partial charge in [-0.15, -0.1) is 0 Å². The van der Waals surface area contributed by atoms with Crippen molar-refractivity contribution in [1.29, 1.82) is 0 Å². The monoisotopic (exact) mass is 170 g/mol. The second kappa shape index (κ2) is 5.14. The molecule has 3 nitrogen and oxygen atoms in total. The Labute approximate surface area is 73.9 Å². The van der Waals surface area contributed by atoms with E-state index in [1.807, 2.05) is 4.90 Å². The fraction of sp³-hybridized carbons (Fsp3) is 0.889. The van der Waals surface area contributed by atoms with Crippen LogP contribution in [0.5, 0.6) is 0 Å². The van der Waals surface area contributed by atoms with Crippen LogP contribution in [0.3, 0.4) is 0 Å². The predicted molar refractivity (Wildman–Crippen MR) is 48.7 cm³/mol. The van der Waals surface area contributed by atoms with Crippen molar-refractivity contribution >= 4 is 5.91 Å². The number of hydrogen-bond donors (Lipinski definition) is 1. The second-order valence-electron chi connectivity index (χ2n) is 3.33. The summed E-state index contributed by atoms with van der Waals surface area (Å²) >= 11 is 0. The quantitative estimate of drug-likeness (QED) is 0.664. The zero-order valence-electron chi connectivity index (χ0n) is 7.59. The maximum Gasteiger partial charge on any atom is 0.222 e. The number of hydrogen-bond acceptors (Lipinski definition) is 2. The predicted octanol–water partition coefficient (Wildman–Crippen LogP) is 0.738. The van der Waals surface area contributed by atoms with Crippen molar-refractivity contribution in [2.75, 3.05) is 19.6 Å². The molecular weight excluding hydrogens is 152 g/mol. The van der Waals surface area contributed by atoms with Crippen LogP contribution in [0.25, 0.3) is 0 Å². The van der Waals surface area contributed by atoms with Crippen molar-refractivity contribution in [2.45, 2.75) is 32.1 Å². The number of rotatable bonds is 2. The van der Waals surface area contributed by atoms with E-state index >= 15 is 0 Å². The summed E-state index contributed by atoms with van der Waals surface area (Å²) in [5, 5.41) is 0. The van der Waals surface area contributed by atoms with Crippen LogP contribution in [0.4, 0.5) is 0 Å². The standard InChI is InChI=1S/C9H18N2O/c10-6-8-11-7-4-2-1-3-5-9(11)12/h1-8,10H2. The van der Waals surface area contributed by atoms with Gasteiger partial charge in [0.05, 0.1) is 0 Å². The van der Waals surface area contributed by atoms with Crippen molar-refractivity contribution in [3.8, 4) is 0 Å². The van der Waals surface area contributed by atoms with Crippen molar-refractivity contribution in [3.05, 3.63) is 0 Å². The molecule has 0 aliphatic carbocycles. The minimum Gasteiger partial charge on any atom is -0.341 e. The highest BCUT2D eigenvalue weighted by Gasteiger charge is 2.13. The van der Waals surface area contributed by atoms with Crippen molar-refractivity contribution in [3.63, 3.8) is 0 Å². The topological polar surface area (TPSA) is 46.3 Å². The van der Waals surface area contributed by atoms with Gasteiger partial charge in [-0.05, 0) is 12.8 Å². The molecule has 0 saturated carbocycles. The number of likely N-dealkylation sites (tertiary alicyclic amines) is 1. The molecule has 1 aliphatic heterocycles. The molecule has 1 heterocycles. The van der Waals surface area contributed by atoms with Gasteiger partial charge in [-0.2, -0.15) is 0 Å². The van der Waals surface area contributed by atoms with Crippen LogP contribution in [0.2, 0.25) is 0 Å². The number of nitrogens with two attached hydrogens (primary N) is 1. The van der Waals surface area contributed by atoms with Crippen LogP contribution in [0.15, 0.2) is 0 Å². The van der Waals surface area contributed by atoms with Crippen LogP contribution < -0.4 is 5.73 Å². The average Bonchev–Trinajstić information content (AvgIpc) is 2.05. The molecule has 3 heteroatoms. The normalized spacial score (nSPS) is 20.4. The molecule has 70 valence electrons. The van der Waals surface area contributed by atoms with E-state index in [0.717, 1.165) is 32.4 Å². The van der Waals surface area contributed by atoms with E-state index in [1.54, 1.807) is 0 Å². The highest BCUT2D eigenvalue weighted by molar-refractivity contribution is 5.76. The van der Waals surface area contributed by atoms with Crippen LogP contribution in [0.1, 0.15) is 32.1 Å². The van der Waals surface area contributed by atoms with Gasteiger partial charge in [-0.1, -0.05) is 12.8 Å². The summed E-state index contributed by atoms with van der Waals surface area (Å²) in [5.41, 5.74) is 5.42. The fourth-order valence-electron chi connectivity index (χ4n) is 1.61. The highest BCUT2D eigenvalue weighted by atomic mass is 16.2. The first kappa shape index (κ1) is 9.52. The first-order valence-electron chi connectivity index (χ1n) is 4.82. The van der Waals surface area contributed by atoms with E-state index in [4.69, 9.17) is 5.73 Å². The van der Waals surface area contributed by atoms with Gasteiger partial charge >= 0.3 is 0 Å². The lowest BCUT2D eigenvalue weighted by molar-refractivity contribution is -0.131. The molecule has 0 unspecified atom stereocenters. The molecule has 0 aromatic carbocycles. The minimum absolute atomic E-state index is 0.292. The van der Waals surface area contributed by atoms with Gasteiger partial charge in [0, 0.05) is 26.1 Å². The first-order chi connectivity index (χ1) is 5.84. The van der Waals surface area contributed by atoms with Crippen LogP contribution >= 0.6 is 0 Å². The smallest absolute Gasteiger partial charge is 0.222 e. The summed E-state index contributed by atoms with van der Waals surface area (Å²) in [7, 11) is 0. The number of nitrogens with zero attached hydrogens (tertiary/aromatic N) is 1. The molecule has 0 aromatic heterocycles. The highest BCUT2D eigenvalue weighted by Crippen LogP contribution is 2.10. The Bertz CT molecular complexity index is 147. The van der Waals surface area contributed by atoms with Gasteiger partial charge < -0.3 is 10.6 Å². The molecule has 0 aromatic rings. The summed E-state index contributed by atoms with van der Waals surface area (Å²) in [6.45, 7) is 2.24. The summed E-state index contributed by atoms with van der Waals surface area (Å²) < 4.78 is 0. The van der Waals surface area contributed by atoms with Gasteiger partial charge in [0.1, 0.15) is 0 Å². The molecule has 12 heavy (non-hydrogen) atoms. The lowest BCUT2D eigenvalue weighted by Gasteiger charge is -2.23. The second-order valence-corrected chi connectivity index (χ2v) is 3.33. The zero-order valence-corrected chi connectivity index (χ0v) is 7.59. The molecule has 0 spiro atoms. The van der Waals surface area contributed by atoms with Crippen molar-refractivity contribution in [2.24, 2.45) is 5.73 Å². The number of carbonyl (C=O) groups excluding carboxylic acids is 1.